The monoisotopic (exact) mass is 195 g/mol. The van der Waals surface area contributed by atoms with E-state index >= 15 is 0 Å². The van der Waals surface area contributed by atoms with Gasteiger partial charge >= 0.3 is 0 Å². The SMILES string of the molecule is O=C=Nc1cccc(C(=S)S)c1. The Kier molecular flexibility index (Phi) is 3.17. The van der Waals surface area contributed by atoms with Gasteiger partial charge in [0.15, 0.2) is 0 Å². The van der Waals surface area contributed by atoms with E-state index in [0.29, 0.717) is 9.88 Å². The fourth-order valence-electron chi connectivity index (χ4n) is 0.761. The van der Waals surface area contributed by atoms with Gasteiger partial charge in [-0.1, -0.05) is 24.4 Å². The Morgan fingerprint density at radius 1 is 1.58 bits per heavy atom. The molecular formula is C8H5NOS2. The molecule has 0 unspecified atom stereocenters. The first kappa shape index (κ1) is 9.13. The number of benzene rings is 1. The number of rotatable bonds is 2. The van der Waals surface area contributed by atoms with Gasteiger partial charge in [-0.3, -0.25) is 0 Å². The zero-order valence-corrected chi connectivity index (χ0v) is 7.73. The van der Waals surface area contributed by atoms with E-state index in [1.54, 1.807) is 24.3 Å². The van der Waals surface area contributed by atoms with Crippen LogP contribution in [-0.4, -0.2) is 10.3 Å². The van der Waals surface area contributed by atoms with Crippen molar-refractivity contribution < 1.29 is 4.79 Å². The van der Waals surface area contributed by atoms with Crippen molar-refractivity contribution in [3.8, 4) is 0 Å². The molecule has 0 aliphatic carbocycles. The summed E-state index contributed by atoms with van der Waals surface area (Å²) in [5, 5.41) is 0. The second kappa shape index (κ2) is 4.16. The van der Waals surface area contributed by atoms with Crippen LogP contribution >= 0.6 is 24.8 Å². The van der Waals surface area contributed by atoms with Gasteiger partial charge in [-0.25, -0.2) is 4.79 Å². The van der Waals surface area contributed by atoms with Crippen molar-refractivity contribution in [2.45, 2.75) is 0 Å². The molecule has 12 heavy (non-hydrogen) atoms. The predicted molar refractivity (Wildman–Crippen MR) is 54.9 cm³/mol. The summed E-state index contributed by atoms with van der Waals surface area (Å²) in [7, 11) is 0. The number of carbonyl (C=O) groups excluding carboxylic acids is 1. The highest BCUT2D eigenvalue weighted by molar-refractivity contribution is 8.11. The number of aliphatic imine (C=N–C) groups is 1. The van der Waals surface area contributed by atoms with Crippen LogP contribution in [0.4, 0.5) is 5.69 Å². The molecule has 1 rings (SSSR count). The number of thiol groups is 1. The molecule has 0 aliphatic heterocycles. The molecule has 60 valence electrons. The quantitative estimate of drug-likeness (QED) is 0.339. The Hall–Kier alpha value is -0.960. The summed E-state index contributed by atoms with van der Waals surface area (Å²) < 4.78 is 0.484. The van der Waals surface area contributed by atoms with E-state index in [2.05, 4.69) is 17.6 Å². The zero-order chi connectivity index (χ0) is 8.97. The van der Waals surface area contributed by atoms with Gasteiger partial charge in [-0.05, 0) is 12.1 Å². The lowest BCUT2D eigenvalue weighted by molar-refractivity contribution is 0.565. The van der Waals surface area contributed by atoms with Gasteiger partial charge in [0.05, 0.1) is 9.88 Å². The Balaban J connectivity index is 3.11. The van der Waals surface area contributed by atoms with E-state index in [-0.39, 0.29) is 0 Å². The van der Waals surface area contributed by atoms with Gasteiger partial charge in [-0.2, -0.15) is 4.99 Å². The standard InChI is InChI=1S/C8H5NOS2/c10-5-9-7-3-1-2-6(4-7)8(11)12/h1-4H,(H,11,12). The van der Waals surface area contributed by atoms with Crippen LogP contribution in [-0.2, 0) is 4.79 Å². The molecule has 0 aromatic heterocycles. The lowest BCUT2D eigenvalue weighted by Gasteiger charge is -1.96. The Morgan fingerprint density at radius 3 is 2.92 bits per heavy atom. The molecule has 0 atom stereocenters. The predicted octanol–water partition coefficient (Wildman–Crippen LogP) is 2.26. The first-order valence-corrected chi connectivity index (χ1v) is 4.01. The maximum Gasteiger partial charge on any atom is 0.240 e. The van der Waals surface area contributed by atoms with E-state index in [1.165, 1.54) is 6.08 Å². The van der Waals surface area contributed by atoms with Crippen LogP contribution < -0.4 is 0 Å². The highest BCUT2D eigenvalue weighted by Crippen LogP contribution is 2.14. The molecule has 0 heterocycles. The normalized spacial score (nSPS) is 8.75. The Labute approximate surface area is 80.7 Å². The average Bonchev–Trinajstić information content (AvgIpc) is 2.05. The topological polar surface area (TPSA) is 29.4 Å². The minimum atomic E-state index is 0.484. The first-order chi connectivity index (χ1) is 5.74. The summed E-state index contributed by atoms with van der Waals surface area (Å²) in [5.74, 6) is 0. The fraction of sp³-hybridized carbons (Fsp3) is 0. The van der Waals surface area contributed by atoms with Crippen molar-refractivity contribution in [3.63, 3.8) is 0 Å². The average molecular weight is 195 g/mol. The summed E-state index contributed by atoms with van der Waals surface area (Å²) in [4.78, 5) is 13.4. The first-order valence-electron chi connectivity index (χ1n) is 3.15. The van der Waals surface area contributed by atoms with Gasteiger partial charge in [0.2, 0.25) is 6.08 Å². The van der Waals surface area contributed by atoms with Crippen LogP contribution in [0.1, 0.15) is 5.56 Å². The minimum Gasteiger partial charge on any atom is -0.211 e. The van der Waals surface area contributed by atoms with Gasteiger partial charge in [0.1, 0.15) is 0 Å². The number of hydrogen-bond acceptors (Lipinski definition) is 3. The third-order valence-electron chi connectivity index (χ3n) is 1.27. The smallest absolute Gasteiger partial charge is 0.211 e. The summed E-state index contributed by atoms with van der Waals surface area (Å²) in [6.07, 6.45) is 1.46. The molecule has 0 saturated heterocycles. The number of thiocarbonyl (C=S) groups is 1. The molecule has 0 aliphatic rings. The van der Waals surface area contributed by atoms with Crippen molar-refractivity contribution in [1.29, 1.82) is 0 Å². The molecular weight excluding hydrogens is 190 g/mol. The molecule has 0 spiro atoms. The van der Waals surface area contributed by atoms with Crippen LogP contribution in [0.15, 0.2) is 29.3 Å². The Bertz CT molecular complexity index is 339. The molecule has 0 fully saturated rings. The maximum absolute atomic E-state index is 9.91. The summed E-state index contributed by atoms with van der Waals surface area (Å²) in [6, 6.07) is 6.94. The largest absolute Gasteiger partial charge is 0.240 e. The Morgan fingerprint density at radius 2 is 2.33 bits per heavy atom. The molecule has 2 nitrogen and oxygen atoms in total. The highest BCUT2D eigenvalue weighted by atomic mass is 32.1. The number of nitrogens with zero attached hydrogens (tertiary/aromatic N) is 1. The highest BCUT2D eigenvalue weighted by Gasteiger charge is 1.96. The third kappa shape index (κ3) is 2.27. The van der Waals surface area contributed by atoms with Crippen LogP contribution in [0.3, 0.4) is 0 Å². The van der Waals surface area contributed by atoms with Crippen molar-refractivity contribution in [3.05, 3.63) is 29.8 Å². The number of isocyanates is 1. The van der Waals surface area contributed by atoms with E-state index < -0.39 is 0 Å². The summed E-state index contributed by atoms with van der Waals surface area (Å²) in [6.45, 7) is 0. The van der Waals surface area contributed by atoms with E-state index in [4.69, 9.17) is 12.2 Å². The second-order valence-electron chi connectivity index (χ2n) is 2.06. The lowest BCUT2D eigenvalue weighted by Crippen LogP contribution is -1.84. The zero-order valence-electron chi connectivity index (χ0n) is 6.02. The number of hydrogen-bond donors (Lipinski definition) is 1. The van der Waals surface area contributed by atoms with Crippen molar-refractivity contribution in [2.24, 2.45) is 4.99 Å². The molecule has 0 amide bonds. The van der Waals surface area contributed by atoms with Gasteiger partial charge in [0, 0.05) is 5.56 Å². The van der Waals surface area contributed by atoms with Crippen molar-refractivity contribution >= 4 is 40.8 Å². The summed E-state index contributed by atoms with van der Waals surface area (Å²) >= 11 is 8.82. The molecule has 0 bridgehead atoms. The van der Waals surface area contributed by atoms with Crippen molar-refractivity contribution in [1.82, 2.24) is 0 Å². The van der Waals surface area contributed by atoms with E-state index in [1.807, 2.05) is 0 Å². The van der Waals surface area contributed by atoms with Crippen LogP contribution in [0.25, 0.3) is 0 Å². The molecule has 1 aromatic carbocycles. The summed E-state index contributed by atoms with van der Waals surface area (Å²) in [5.41, 5.74) is 1.32. The molecule has 4 heteroatoms. The van der Waals surface area contributed by atoms with E-state index in [0.717, 1.165) is 5.56 Å². The molecule has 0 saturated carbocycles. The van der Waals surface area contributed by atoms with Gasteiger partial charge in [0.25, 0.3) is 0 Å². The second-order valence-corrected chi connectivity index (χ2v) is 3.22. The van der Waals surface area contributed by atoms with E-state index in [9.17, 15) is 4.79 Å². The minimum absolute atomic E-state index is 0.484. The van der Waals surface area contributed by atoms with Crippen LogP contribution in [0.5, 0.6) is 0 Å². The fourth-order valence-corrected chi connectivity index (χ4v) is 1.03. The lowest BCUT2D eigenvalue weighted by atomic mass is 10.2. The molecule has 1 aromatic rings. The van der Waals surface area contributed by atoms with Crippen LogP contribution in [0, 0.1) is 0 Å². The molecule has 0 radical (unpaired) electrons. The van der Waals surface area contributed by atoms with Crippen LogP contribution in [0.2, 0.25) is 0 Å². The molecule has 0 N–H and O–H groups in total. The maximum atomic E-state index is 9.91. The van der Waals surface area contributed by atoms with Gasteiger partial charge in [-0.15, -0.1) is 12.6 Å². The van der Waals surface area contributed by atoms with Gasteiger partial charge < -0.3 is 0 Å². The third-order valence-corrected chi connectivity index (χ3v) is 1.76. The van der Waals surface area contributed by atoms with Crippen molar-refractivity contribution in [2.75, 3.05) is 0 Å².